The minimum atomic E-state index is 0.0549. The summed E-state index contributed by atoms with van der Waals surface area (Å²) in [5.41, 5.74) is 11.8. The average Bonchev–Trinajstić information content (AvgIpc) is 4.43. The Hall–Kier alpha value is -11.3. The zero-order chi connectivity index (χ0) is 57.8. The van der Waals surface area contributed by atoms with Gasteiger partial charge in [0.25, 0.3) is 0 Å². The molecule has 0 atom stereocenters. The number of aromatic nitrogens is 6. The minimum absolute atomic E-state index is 0.0549. The molecular weight excluding hydrogens is 1090 g/mol. The second kappa shape index (κ2) is 23.3. The van der Waals surface area contributed by atoms with Crippen molar-refractivity contribution in [2.45, 2.75) is 46.5 Å². The fourth-order valence-corrected chi connectivity index (χ4v) is 9.50. The van der Waals surface area contributed by atoms with Crippen LogP contribution >= 0.6 is 0 Å². The van der Waals surface area contributed by atoms with Crippen molar-refractivity contribution < 1.29 is 47.5 Å². The van der Waals surface area contributed by atoms with Crippen LogP contribution in [0.4, 0.5) is 80.8 Å². The van der Waals surface area contributed by atoms with Gasteiger partial charge in [-0.05, 0) is 130 Å². The molecular formula is C61H54N14O10. The van der Waals surface area contributed by atoms with E-state index >= 15 is 0 Å². The van der Waals surface area contributed by atoms with Crippen molar-refractivity contribution >= 4 is 92.6 Å². The van der Waals surface area contributed by atoms with Crippen LogP contribution in [0.3, 0.4) is 0 Å². The molecule has 0 saturated heterocycles. The topological polar surface area (TPSA) is 282 Å². The molecule has 6 aliphatic rings. The number of benzene rings is 6. The Morgan fingerprint density at radius 2 is 0.624 bits per heavy atom. The molecule has 24 heteroatoms. The van der Waals surface area contributed by atoms with Crippen LogP contribution in [0.2, 0.25) is 0 Å². The summed E-state index contributed by atoms with van der Waals surface area (Å²) in [4.78, 5) is 49.9. The lowest BCUT2D eigenvalue weighted by atomic mass is 10.0. The molecule has 85 heavy (non-hydrogen) atoms. The van der Waals surface area contributed by atoms with Gasteiger partial charge in [0, 0.05) is 118 Å². The summed E-state index contributed by atoms with van der Waals surface area (Å²) in [5.74, 6) is 9.42. The van der Waals surface area contributed by atoms with Crippen LogP contribution in [0.1, 0.15) is 40.7 Å². The van der Waals surface area contributed by atoms with E-state index in [1.807, 2.05) is 130 Å². The van der Waals surface area contributed by atoms with Crippen LogP contribution in [0, 0.1) is 20.8 Å². The Balaban J connectivity index is 0.000000119. The molecule has 0 radical (unpaired) electrons. The van der Waals surface area contributed by atoms with Gasteiger partial charge in [0.1, 0.15) is 17.5 Å². The molecule has 6 aromatic carbocycles. The number of amides is 2. The number of nitrogens with one attached hydrogen (secondary N) is 8. The van der Waals surface area contributed by atoms with E-state index in [2.05, 4.69) is 72.4 Å². The zero-order valence-corrected chi connectivity index (χ0v) is 46.0. The fraction of sp³-hybridized carbons (Fsp3) is 0.180. The molecule has 15 rings (SSSR count). The summed E-state index contributed by atoms with van der Waals surface area (Å²) in [6, 6.07) is 34.2. The Morgan fingerprint density at radius 3 is 0.965 bits per heavy atom. The highest BCUT2D eigenvalue weighted by atomic mass is 16.7. The Labute approximate surface area is 486 Å². The third kappa shape index (κ3) is 12.3. The van der Waals surface area contributed by atoms with E-state index in [-0.39, 0.29) is 39.0 Å². The highest BCUT2D eigenvalue weighted by Gasteiger charge is 2.21. The molecule has 0 aliphatic carbocycles. The first kappa shape index (κ1) is 53.0. The zero-order valence-electron chi connectivity index (χ0n) is 46.0. The van der Waals surface area contributed by atoms with E-state index in [1.165, 1.54) is 0 Å². The van der Waals surface area contributed by atoms with Gasteiger partial charge in [-0.3, -0.25) is 9.59 Å². The first-order chi connectivity index (χ1) is 41.5. The first-order valence-corrected chi connectivity index (χ1v) is 27.1. The third-order valence-electron chi connectivity index (χ3n) is 14.0. The normalized spacial score (nSPS) is 14.0. The van der Waals surface area contributed by atoms with Crippen LogP contribution in [-0.4, -0.2) is 68.9 Å². The van der Waals surface area contributed by atoms with E-state index in [9.17, 15) is 9.59 Å². The summed E-state index contributed by atoms with van der Waals surface area (Å²) in [6.07, 6.45) is 7.76. The molecule has 428 valence electrons. The molecule has 2 amide bonds. The van der Waals surface area contributed by atoms with Crippen molar-refractivity contribution in [2.24, 2.45) is 0 Å². The molecule has 0 spiro atoms. The number of anilines is 14. The maximum Gasteiger partial charge on any atom is 0.231 e. The Kier molecular flexibility index (Phi) is 14.5. The van der Waals surface area contributed by atoms with Gasteiger partial charge in [-0.2, -0.15) is 15.0 Å². The quantitative estimate of drug-likeness (QED) is 0.0564. The molecule has 0 unspecified atom stereocenters. The monoisotopic (exact) mass is 1140 g/mol. The van der Waals surface area contributed by atoms with Crippen LogP contribution in [-0.2, 0) is 22.4 Å². The van der Waals surface area contributed by atoms with Crippen molar-refractivity contribution in [3.8, 4) is 46.0 Å². The number of fused-ring (bicyclic) bond motifs is 6. The lowest BCUT2D eigenvalue weighted by Crippen LogP contribution is -2.18. The summed E-state index contributed by atoms with van der Waals surface area (Å²) in [5, 5.41) is 25.4. The van der Waals surface area contributed by atoms with Gasteiger partial charge in [0.05, 0.1) is 0 Å². The van der Waals surface area contributed by atoms with Gasteiger partial charge < -0.3 is 80.4 Å². The van der Waals surface area contributed by atoms with Crippen molar-refractivity contribution in [2.75, 3.05) is 69.7 Å². The lowest BCUT2D eigenvalue weighted by molar-refractivity contribution is -0.117. The molecule has 8 N–H and O–H groups in total. The van der Waals surface area contributed by atoms with Crippen molar-refractivity contribution in [3.05, 3.63) is 156 Å². The highest BCUT2D eigenvalue weighted by molar-refractivity contribution is 5.95. The average molecular weight is 1140 g/mol. The summed E-state index contributed by atoms with van der Waals surface area (Å²) in [7, 11) is 0. The number of ether oxygens (including phenoxy) is 8. The number of hydrogen-bond acceptors (Lipinski definition) is 22. The van der Waals surface area contributed by atoms with Crippen molar-refractivity contribution in [1.82, 2.24) is 29.9 Å². The van der Waals surface area contributed by atoms with Gasteiger partial charge in [-0.25, -0.2) is 15.0 Å². The number of nitrogens with zero attached hydrogens (tertiary/aromatic N) is 6. The van der Waals surface area contributed by atoms with Crippen LogP contribution in [0.25, 0.3) is 0 Å². The van der Waals surface area contributed by atoms with Gasteiger partial charge in [0.15, 0.2) is 46.0 Å². The molecule has 0 bridgehead atoms. The molecule has 3 aromatic heterocycles. The smallest absolute Gasteiger partial charge is 0.231 e. The predicted molar refractivity (Wildman–Crippen MR) is 317 cm³/mol. The molecule has 9 aromatic rings. The van der Waals surface area contributed by atoms with Crippen LogP contribution in [0.5, 0.6) is 46.0 Å². The van der Waals surface area contributed by atoms with Crippen LogP contribution in [0.15, 0.2) is 128 Å². The highest BCUT2D eigenvalue weighted by Crippen LogP contribution is 2.40. The summed E-state index contributed by atoms with van der Waals surface area (Å²) >= 11 is 0. The molecule has 0 fully saturated rings. The van der Waals surface area contributed by atoms with Crippen LogP contribution < -0.4 is 80.4 Å². The van der Waals surface area contributed by atoms with Crippen molar-refractivity contribution in [1.29, 1.82) is 0 Å². The number of aryl methyl sites for hydroxylation is 5. The lowest BCUT2D eigenvalue weighted by Gasteiger charge is -2.18. The van der Waals surface area contributed by atoms with Gasteiger partial charge >= 0.3 is 0 Å². The molecule has 0 saturated carbocycles. The SMILES string of the molecule is Cc1cnc(Nc2ccc3c(c2)CCC(=O)N3)nc1Nc1ccc2c(c1)OCO2.Cc1cnc(Nc2ccc3c(c2)OCO3)nc1Nc1ccc2c(c1)CCC(=O)N2.Cc1cnc(Nc2ccc3c(c2)OCO3)nc1Nc1ccc2c(c1)OCO2. The predicted octanol–water partition coefficient (Wildman–Crippen LogP) is 11.5. The molecule has 6 aliphatic heterocycles. The molecule has 9 heterocycles. The minimum Gasteiger partial charge on any atom is -0.454 e. The second-order valence-corrected chi connectivity index (χ2v) is 20.0. The fourth-order valence-electron chi connectivity index (χ4n) is 9.50. The van der Waals surface area contributed by atoms with Gasteiger partial charge in [0.2, 0.25) is 56.8 Å². The number of carbonyl (C=O) groups is 2. The second-order valence-electron chi connectivity index (χ2n) is 20.0. The number of rotatable bonds is 12. The Bertz CT molecular complexity index is 4080. The van der Waals surface area contributed by atoms with E-state index in [1.54, 1.807) is 18.6 Å². The van der Waals surface area contributed by atoms with E-state index in [0.717, 1.165) is 109 Å². The molecule has 24 nitrogen and oxygen atoms in total. The van der Waals surface area contributed by atoms with Gasteiger partial charge in [-0.15, -0.1) is 0 Å². The number of hydrogen-bond donors (Lipinski definition) is 8. The maximum absolute atomic E-state index is 11.5. The van der Waals surface area contributed by atoms with E-state index in [0.29, 0.717) is 71.1 Å². The first-order valence-electron chi connectivity index (χ1n) is 27.1. The third-order valence-corrected chi connectivity index (χ3v) is 14.0. The standard InChI is InChI=1S/2C21H19N5O3.C19H16N4O4/c1-12-10-22-21(24-14-3-5-16-13(8-14)2-7-19(27)25-16)26-20(12)23-15-4-6-17-18(9-15)29-11-28-17;1-12-10-22-21(24-15-4-6-17-18(9-15)29-11-28-17)26-20(12)23-14-3-5-16-13(8-14)2-7-19(27)25-16;1-11-8-20-19(22-13-3-5-15-17(7-13)27-10-25-15)23-18(11)21-12-2-4-14-16(6-12)26-9-24-14/h2*3-6,8-10H,2,7,11H2,1H3,(H,25,27)(H2,22,23,24,26);2-8H,9-10H2,1H3,(H2,20,21,22,23). The van der Waals surface area contributed by atoms with Crippen molar-refractivity contribution in [3.63, 3.8) is 0 Å². The number of carbonyl (C=O) groups excluding carboxylic acids is 2. The summed E-state index contributed by atoms with van der Waals surface area (Å²) in [6.45, 7) is 6.80. The van der Waals surface area contributed by atoms with E-state index in [4.69, 9.17) is 37.9 Å². The summed E-state index contributed by atoms with van der Waals surface area (Å²) < 4.78 is 43.0. The largest absolute Gasteiger partial charge is 0.454 e. The van der Waals surface area contributed by atoms with Gasteiger partial charge in [-0.1, -0.05) is 0 Å². The Morgan fingerprint density at radius 1 is 0.341 bits per heavy atom. The maximum atomic E-state index is 11.5. The van der Waals surface area contributed by atoms with E-state index < -0.39 is 0 Å².